The molecule has 0 aliphatic rings. The first-order valence-corrected chi connectivity index (χ1v) is 17.9. The predicted molar refractivity (Wildman–Crippen MR) is 141 cm³/mol. The molecule has 0 saturated carbocycles. The largest absolute Gasteiger partial charge is 0.464 e. The van der Waals surface area contributed by atoms with E-state index in [1.165, 1.54) is 0 Å². The average molecular weight is 451 g/mol. The van der Waals surface area contributed by atoms with Crippen molar-refractivity contribution in [1.29, 1.82) is 0 Å². The second kappa shape index (κ2) is 7.17. The molecule has 32 heavy (non-hydrogen) atoms. The van der Waals surface area contributed by atoms with Crippen LogP contribution in [-0.4, -0.2) is 16.1 Å². The van der Waals surface area contributed by atoms with Gasteiger partial charge < -0.3 is 8.83 Å². The van der Waals surface area contributed by atoms with Crippen LogP contribution in [0.5, 0.6) is 0 Å². The van der Waals surface area contributed by atoms with Gasteiger partial charge in [0.1, 0.15) is 27.3 Å². The molecule has 0 atom stereocenters. The number of hydrogen-bond acceptors (Lipinski definition) is 2. The van der Waals surface area contributed by atoms with Gasteiger partial charge in [-0.1, -0.05) is 51.1 Å². The minimum Gasteiger partial charge on any atom is -0.464 e. The Kier molecular flexibility index (Phi) is 4.64. The molecule has 0 spiro atoms. The van der Waals surface area contributed by atoms with Gasteiger partial charge in [0.2, 0.25) is 0 Å². The van der Waals surface area contributed by atoms with E-state index in [2.05, 4.69) is 86.5 Å². The third kappa shape index (κ3) is 3.77. The number of fused-ring (bicyclic) bond motifs is 4. The van der Waals surface area contributed by atoms with Gasteiger partial charge in [0, 0.05) is 43.4 Å². The third-order valence-electron chi connectivity index (χ3n) is 5.39. The summed E-state index contributed by atoms with van der Waals surface area (Å²) in [6.45, 7) is 13.6. The molecule has 0 aliphatic carbocycles. The molecule has 3 aromatic carbocycles. The summed E-state index contributed by atoms with van der Waals surface area (Å²) in [7, 11) is -3.15. The fourth-order valence-electron chi connectivity index (χ4n) is 3.91. The summed E-state index contributed by atoms with van der Waals surface area (Å²) in [5.41, 5.74) is 11.0. The number of benzene rings is 3. The second-order valence-electron chi connectivity index (χ2n) is 10.5. The lowest BCUT2D eigenvalue weighted by Crippen LogP contribution is -2.16. The first kappa shape index (κ1) is 20.7. The Hall–Kier alpha value is -3.19. The molecule has 2 heterocycles. The summed E-state index contributed by atoms with van der Waals surface area (Å²) in [5.74, 6) is 7.17. The van der Waals surface area contributed by atoms with Gasteiger partial charge in [-0.25, -0.2) is 0 Å². The molecular weight excluding hydrogens is 424 g/mol. The van der Waals surface area contributed by atoms with Gasteiger partial charge in [-0.2, -0.15) is 0 Å². The summed E-state index contributed by atoms with van der Waals surface area (Å²) in [5, 5.41) is 6.63. The van der Waals surface area contributed by atoms with Crippen LogP contribution in [0.25, 0.3) is 43.5 Å². The molecule has 0 amide bonds. The predicted octanol–water partition coefficient (Wildman–Crippen LogP) is 7.94. The zero-order valence-corrected chi connectivity index (χ0v) is 21.4. The highest BCUT2D eigenvalue weighted by Gasteiger charge is 2.17. The van der Waals surface area contributed by atoms with E-state index in [4.69, 9.17) is 8.83 Å². The normalized spacial score (nSPS) is 12.2. The zero-order chi connectivity index (χ0) is 22.7. The summed E-state index contributed by atoms with van der Waals surface area (Å²) in [6, 6.07) is 12.7. The van der Waals surface area contributed by atoms with Crippen molar-refractivity contribution in [2.75, 3.05) is 0 Å². The second-order valence-corrected chi connectivity index (χ2v) is 20.0. The van der Waals surface area contributed by atoms with E-state index in [1.54, 1.807) is 12.5 Å². The molecule has 0 aliphatic heterocycles. The van der Waals surface area contributed by atoms with E-state index in [9.17, 15) is 0 Å². The van der Waals surface area contributed by atoms with Gasteiger partial charge in [-0.05, 0) is 36.4 Å². The van der Waals surface area contributed by atoms with Crippen LogP contribution in [0.2, 0.25) is 39.3 Å². The summed E-state index contributed by atoms with van der Waals surface area (Å²) < 4.78 is 11.5. The van der Waals surface area contributed by atoms with E-state index in [1.807, 2.05) is 12.1 Å². The van der Waals surface area contributed by atoms with Crippen LogP contribution in [0.15, 0.2) is 57.8 Å². The van der Waals surface area contributed by atoms with Crippen LogP contribution < -0.4 is 0 Å². The first-order valence-electron chi connectivity index (χ1n) is 10.9. The molecule has 4 heteroatoms. The zero-order valence-electron chi connectivity index (χ0n) is 19.4. The van der Waals surface area contributed by atoms with Crippen LogP contribution in [-0.2, 0) is 0 Å². The van der Waals surface area contributed by atoms with Crippen molar-refractivity contribution in [2.45, 2.75) is 39.3 Å². The highest BCUT2D eigenvalue weighted by molar-refractivity contribution is 6.84. The van der Waals surface area contributed by atoms with E-state index < -0.39 is 16.1 Å². The van der Waals surface area contributed by atoms with Crippen LogP contribution in [0, 0.1) is 22.9 Å². The highest BCUT2D eigenvalue weighted by atomic mass is 28.3. The Morgan fingerprint density at radius 2 is 0.938 bits per heavy atom. The number of furan rings is 2. The molecule has 5 aromatic rings. The van der Waals surface area contributed by atoms with Gasteiger partial charge in [-0.3, -0.25) is 0 Å². The number of hydrogen-bond donors (Lipinski definition) is 0. The van der Waals surface area contributed by atoms with E-state index in [0.29, 0.717) is 0 Å². The molecule has 2 nitrogen and oxygen atoms in total. The highest BCUT2D eigenvalue weighted by Crippen LogP contribution is 2.37. The summed E-state index contributed by atoms with van der Waals surface area (Å²) in [4.78, 5) is 0. The summed E-state index contributed by atoms with van der Waals surface area (Å²) >= 11 is 0. The lowest BCUT2D eigenvalue weighted by molar-refractivity contribution is 0.616. The van der Waals surface area contributed by atoms with Crippen molar-refractivity contribution in [3.05, 3.63) is 60.1 Å². The van der Waals surface area contributed by atoms with Crippen molar-refractivity contribution in [3.8, 4) is 22.9 Å². The smallest absolute Gasteiger partial charge is 0.134 e. The Balaban J connectivity index is 2.03. The molecular formula is C28H26O2Si2. The van der Waals surface area contributed by atoms with Gasteiger partial charge in [-0.15, -0.1) is 11.1 Å². The fraction of sp³-hybridized carbons (Fsp3) is 0.214. The van der Waals surface area contributed by atoms with Gasteiger partial charge in [0.25, 0.3) is 0 Å². The Bertz CT molecular complexity index is 1440. The molecule has 0 bridgehead atoms. The van der Waals surface area contributed by atoms with E-state index in [0.717, 1.165) is 54.6 Å². The molecule has 0 fully saturated rings. The first-order chi connectivity index (χ1) is 15.1. The lowest BCUT2D eigenvalue weighted by atomic mass is 9.91. The molecule has 0 radical (unpaired) electrons. The van der Waals surface area contributed by atoms with Crippen molar-refractivity contribution in [1.82, 2.24) is 0 Å². The monoisotopic (exact) mass is 450 g/mol. The lowest BCUT2D eigenvalue weighted by Gasteiger charge is -2.13. The molecule has 5 rings (SSSR count). The SMILES string of the molecule is C[Si](C)(C)C#Cc1c2cc3ccoc3cc2c(C#C[Si](C)(C)C)c2cc3occc3cc12. The standard InChI is InChI=1S/C28H26O2Si2/c1-31(2,3)13-9-21-23-15-19-7-11-29-27(19)17-25(23)22(10-14-32(4,5)6)26-18-28-20(8-12-30-28)16-24(21)26/h7-8,11-12,15-18H,1-6H3. The third-order valence-corrected chi connectivity index (χ3v) is 7.14. The Labute approximate surface area is 190 Å². The van der Waals surface area contributed by atoms with Gasteiger partial charge in [0.05, 0.1) is 12.5 Å². The van der Waals surface area contributed by atoms with Crippen LogP contribution >= 0.6 is 0 Å². The van der Waals surface area contributed by atoms with E-state index in [-0.39, 0.29) is 0 Å². The van der Waals surface area contributed by atoms with Crippen molar-refractivity contribution < 1.29 is 8.83 Å². The molecule has 2 aromatic heterocycles. The quantitative estimate of drug-likeness (QED) is 0.136. The maximum Gasteiger partial charge on any atom is 0.134 e. The Morgan fingerprint density at radius 3 is 1.31 bits per heavy atom. The number of rotatable bonds is 0. The molecule has 0 saturated heterocycles. The maximum absolute atomic E-state index is 5.76. The minimum atomic E-state index is -1.58. The van der Waals surface area contributed by atoms with E-state index >= 15 is 0 Å². The molecule has 158 valence electrons. The molecule has 0 unspecified atom stereocenters. The van der Waals surface area contributed by atoms with Crippen LogP contribution in [0.1, 0.15) is 11.1 Å². The molecule has 0 N–H and O–H groups in total. The van der Waals surface area contributed by atoms with Crippen molar-refractivity contribution >= 4 is 59.6 Å². The van der Waals surface area contributed by atoms with Gasteiger partial charge in [0.15, 0.2) is 0 Å². The van der Waals surface area contributed by atoms with Crippen LogP contribution in [0.4, 0.5) is 0 Å². The minimum absolute atomic E-state index is 0.871. The van der Waals surface area contributed by atoms with Crippen molar-refractivity contribution in [2.24, 2.45) is 0 Å². The topological polar surface area (TPSA) is 26.3 Å². The van der Waals surface area contributed by atoms with Crippen molar-refractivity contribution in [3.63, 3.8) is 0 Å². The Morgan fingerprint density at radius 1 is 0.562 bits per heavy atom. The maximum atomic E-state index is 5.76. The summed E-state index contributed by atoms with van der Waals surface area (Å²) in [6.07, 6.45) is 3.49. The average Bonchev–Trinajstić information content (AvgIpc) is 3.34. The fourth-order valence-corrected chi connectivity index (χ4v) is 4.91. The van der Waals surface area contributed by atoms with Crippen LogP contribution in [0.3, 0.4) is 0 Å². The van der Waals surface area contributed by atoms with Gasteiger partial charge >= 0.3 is 0 Å².